The van der Waals surface area contributed by atoms with Gasteiger partial charge >= 0.3 is 5.97 Å². The van der Waals surface area contributed by atoms with Crippen molar-refractivity contribution in [2.75, 3.05) is 26.2 Å². The summed E-state index contributed by atoms with van der Waals surface area (Å²) >= 11 is 0. The van der Waals surface area contributed by atoms with Crippen molar-refractivity contribution in [2.24, 2.45) is 10.9 Å². The van der Waals surface area contributed by atoms with E-state index in [2.05, 4.69) is 20.9 Å². The second-order valence-corrected chi connectivity index (χ2v) is 4.49. The van der Waals surface area contributed by atoms with E-state index >= 15 is 0 Å². The van der Waals surface area contributed by atoms with E-state index in [1.54, 1.807) is 0 Å². The molecule has 2 rings (SSSR count). The Balaban J connectivity index is 1.84. The van der Waals surface area contributed by atoms with Gasteiger partial charge in [-0.25, -0.2) is 0 Å². The van der Waals surface area contributed by atoms with Gasteiger partial charge < -0.3 is 26.2 Å². The van der Waals surface area contributed by atoms with Gasteiger partial charge in [0, 0.05) is 25.7 Å². The molecule has 17 heavy (non-hydrogen) atoms. The summed E-state index contributed by atoms with van der Waals surface area (Å²) in [5.41, 5.74) is 0. The number of hydrogen-bond acceptors (Lipinski definition) is 6. The summed E-state index contributed by atoms with van der Waals surface area (Å²) in [6.07, 6.45) is 0.155. The van der Waals surface area contributed by atoms with E-state index in [9.17, 15) is 9.90 Å². The maximum absolute atomic E-state index is 10.9. The molecule has 0 aromatic rings. The van der Waals surface area contributed by atoms with Crippen molar-refractivity contribution in [3.63, 3.8) is 0 Å². The van der Waals surface area contributed by atoms with Crippen LogP contribution in [0.25, 0.3) is 0 Å². The number of aliphatic hydroxyl groups excluding tert-OH is 1. The van der Waals surface area contributed by atoms with Crippen LogP contribution in [0.3, 0.4) is 0 Å². The summed E-state index contributed by atoms with van der Waals surface area (Å²) in [5.74, 6) is -0.470. The summed E-state index contributed by atoms with van der Waals surface area (Å²) in [4.78, 5) is 15.0. The second kappa shape index (κ2) is 5.33. The van der Waals surface area contributed by atoms with Crippen LogP contribution in [0.15, 0.2) is 4.99 Å². The molecular weight excluding hydrogens is 224 g/mol. The molecule has 0 aromatic heterocycles. The Kier molecular flexibility index (Phi) is 3.80. The first-order chi connectivity index (χ1) is 8.15. The zero-order valence-corrected chi connectivity index (χ0v) is 9.52. The van der Waals surface area contributed by atoms with Gasteiger partial charge in [-0.1, -0.05) is 0 Å². The van der Waals surface area contributed by atoms with Crippen molar-refractivity contribution < 1.29 is 15.0 Å². The van der Waals surface area contributed by atoms with Gasteiger partial charge in [0.25, 0.3) is 0 Å². The predicted octanol–water partition coefficient (Wildman–Crippen LogP) is -2.04. The smallest absolute Gasteiger partial charge is 0.307 e. The van der Waals surface area contributed by atoms with Crippen molar-refractivity contribution in [3.8, 4) is 0 Å². The highest BCUT2D eigenvalue weighted by Gasteiger charge is 2.27. The Bertz CT molecular complexity index is 321. The Morgan fingerprint density at radius 1 is 1.41 bits per heavy atom. The quantitative estimate of drug-likeness (QED) is 0.382. The molecule has 2 aliphatic rings. The first-order valence-electron chi connectivity index (χ1n) is 5.81. The summed E-state index contributed by atoms with van der Waals surface area (Å²) < 4.78 is 0. The van der Waals surface area contributed by atoms with Crippen LogP contribution in [0.5, 0.6) is 0 Å². The number of nitrogens with one attached hydrogen (secondary N) is 3. The number of rotatable bonds is 2. The number of piperidine rings is 1. The summed E-state index contributed by atoms with van der Waals surface area (Å²) in [7, 11) is 0. The minimum atomic E-state index is -0.766. The van der Waals surface area contributed by atoms with Gasteiger partial charge in [-0.15, -0.1) is 0 Å². The number of carboxylic acids is 1. The average molecular weight is 242 g/mol. The minimum Gasteiger partial charge on any atom is -0.481 e. The molecule has 3 atom stereocenters. The first kappa shape index (κ1) is 12.1. The van der Waals surface area contributed by atoms with Gasteiger partial charge in [0.2, 0.25) is 0 Å². The highest BCUT2D eigenvalue weighted by molar-refractivity contribution is 5.81. The topological polar surface area (TPSA) is 106 Å². The van der Waals surface area contributed by atoms with Crippen LogP contribution in [0, 0.1) is 5.92 Å². The lowest BCUT2D eigenvalue weighted by Gasteiger charge is -2.30. The maximum Gasteiger partial charge on any atom is 0.307 e. The van der Waals surface area contributed by atoms with Crippen molar-refractivity contribution in [1.29, 1.82) is 0 Å². The van der Waals surface area contributed by atoms with Gasteiger partial charge in [0.15, 0.2) is 5.96 Å². The number of aliphatic imine (C=N–C) groups is 1. The molecule has 7 nitrogen and oxygen atoms in total. The lowest BCUT2D eigenvalue weighted by molar-refractivity contribution is -0.142. The van der Waals surface area contributed by atoms with Gasteiger partial charge in [0.05, 0.1) is 18.6 Å². The minimum absolute atomic E-state index is 0.0614. The predicted molar refractivity (Wildman–Crippen MR) is 61.8 cm³/mol. The number of aliphatic carboxylic acids is 1. The molecule has 0 aliphatic carbocycles. The Labute approximate surface area is 99.3 Å². The van der Waals surface area contributed by atoms with Crippen LogP contribution in [-0.4, -0.2) is 60.5 Å². The molecule has 2 heterocycles. The van der Waals surface area contributed by atoms with Crippen LogP contribution in [0.1, 0.15) is 6.42 Å². The van der Waals surface area contributed by atoms with Gasteiger partial charge in [-0.3, -0.25) is 9.79 Å². The summed E-state index contributed by atoms with van der Waals surface area (Å²) in [6, 6.07) is 0.0614. The SMILES string of the molecule is O=C(O)C1CNCC(NC2=NCC(O)CN2)C1. The van der Waals surface area contributed by atoms with E-state index in [0.717, 1.165) is 6.54 Å². The lowest BCUT2D eigenvalue weighted by atomic mass is 9.96. The van der Waals surface area contributed by atoms with Gasteiger partial charge in [-0.2, -0.15) is 0 Å². The number of nitrogens with zero attached hydrogens (tertiary/aromatic N) is 1. The molecule has 0 aromatic carbocycles. The largest absolute Gasteiger partial charge is 0.481 e. The highest BCUT2D eigenvalue weighted by Crippen LogP contribution is 2.10. The van der Waals surface area contributed by atoms with Crippen molar-refractivity contribution >= 4 is 11.9 Å². The average Bonchev–Trinajstić information content (AvgIpc) is 2.32. The molecule has 0 amide bonds. The van der Waals surface area contributed by atoms with E-state index < -0.39 is 12.1 Å². The van der Waals surface area contributed by atoms with Crippen LogP contribution < -0.4 is 16.0 Å². The van der Waals surface area contributed by atoms with Crippen molar-refractivity contribution in [3.05, 3.63) is 0 Å². The van der Waals surface area contributed by atoms with Crippen LogP contribution in [0.4, 0.5) is 0 Å². The molecule has 0 bridgehead atoms. The van der Waals surface area contributed by atoms with Crippen LogP contribution in [0.2, 0.25) is 0 Å². The molecule has 0 saturated carbocycles. The van der Waals surface area contributed by atoms with Gasteiger partial charge in [-0.05, 0) is 6.42 Å². The molecular formula is C10H18N4O3. The lowest BCUT2D eigenvalue weighted by Crippen LogP contribution is -2.55. The van der Waals surface area contributed by atoms with E-state index in [-0.39, 0.29) is 12.0 Å². The van der Waals surface area contributed by atoms with Crippen molar-refractivity contribution in [1.82, 2.24) is 16.0 Å². The second-order valence-electron chi connectivity index (χ2n) is 4.49. The molecule has 0 radical (unpaired) electrons. The molecule has 7 heteroatoms. The Morgan fingerprint density at radius 2 is 2.24 bits per heavy atom. The zero-order valence-electron chi connectivity index (χ0n) is 9.52. The number of guanidine groups is 1. The molecule has 2 aliphatic heterocycles. The third-order valence-electron chi connectivity index (χ3n) is 3.01. The van der Waals surface area contributed by atoms with Crippen molar-refractivity contribution in [2.45, 2.75) is 18.6 Å². The third-order valence-corrected chi connectivity index (χ3v) is 3.01. The normalized spacial score (nSPS) is 33.5. The van der Waals surface area contributed by atoms with Crippen LogP contribution in [-0.2, 0) is 4.79 Å². The number of β-amino-alcohol motifs (C(OH)–C–C–N with tert-alkyl or cyclic N) is 1. The molecule has 0 spiro atoms. The van der Waals surface area contributed by atoms with Crippen LogP contribution >= 0.6 is 0 Å². The van der Waals surface area contributed by atoms with E-state index in [1.807, 2.05) is 0 Å². The zero-order chi connectivity index (χ0) is 12.3. The molecule has 96 valence electrons. The summed E-state index contributed by atoms with van der Waals surface area (Å²) in [5, 5.41) is 27.4. The van der Waals surface area contributed by atoms with Gasteiger partial charge in [0.1, 0.15) is 0 Å². The molecule has 3 unspecified atom stereocenters. The third kappa shape index (κ3) is 3.31. The monoisotopic (exact) mass is 242 g/mol. The van der Waals surface area contributed by atoms with E-state index in [4.69, 9.17) is 5.11 Å². The molecule has 1 saturated heterocycles. The number of carbonyl (C=O) groups is 1. The fraction of sp³-hybridized carbons (Fsp3) is 0.800. The maximum atomic E-state index is 10.9. The number of hydrogen-bond donors (Lipinski definition) is 5. The van der Waals surface area contributed by atoms with E-state index in [1.165, 1.54) is 0 Å². The molecule has 1 fully saturated rings. The fourth-order valence-electron chi connectivity index (χ4n) is 2.06. The Hall–Kier alpha value is -1.34. The standard InChI is InChI=1S/C10H18N4O3/c15-8-4-12-10(13-5-8)14-7-1-6(9(16)17)2-11-3-7/h6-8,11,15H,1-5H2,(H,16,17)(H2,12,13,14). The molecule has 5 N–H and O–H groups in total. The number of aliphatic hydroxyl groups is 1. The summed E-state index contributed by atoms with van der Waals surface area (Å²) in [6.45, 7) is 2.12. The first-order valence-corrected chi connectivity index (χ1v) is 5.81. The number of carboxylic acid groups (broad SMARTS) is 1. The Morgan fingerprint density at radius 3 is 2.88 bits per heavy atom. The van der Waals surface area contributed by atoms with E-state index in [0.29, 0.717) is 32.0 Å². The fourth-order valence-corrected chi connectivity index (χ4v) is 2.06. The highest BCUT2D eigenvalue weighted by atomic mass is 16.4.